The summed E-state index contributed by atoms with van der Waals surface area (Å²) in [5.41, 5.74) is 1.67. The van der Waals surface area contributed by atoms with Crippen molar-refractivity contribution < 1.29 is 22.7 Å². The molecule has 3 aromatic carbocycles. The lowest BCUT2D eigenvalue weighted by atomic mass is 10.1. The molecule has 0 aliphatic heterocycles. The quantitative estimate of drug-likeness (QED) is 0.275. The highest BCUT2D eigenvalue weighted by Gasteiger charge is 2.33. The first-order chi connectivity index (χ1) is 19.4. The zero-order valence-electron chi connectivity index (χ0n) is 23.7. The highest BCUT2D eigenvalue weighted by atomic mass is 35.5. The van der Waals surface area contributed by atoms with Crippen molar-refractivity contribution in [2.75, 3.05) is 18.0 Å². The monoisotopic (exact) mass is 619 g/mol. The minimum absolute atomic E-state index is 0.0186. The highest BCUT2D eigenvalue weighted by Crippen LogP contribution is 2.29. The summed E-state index contributed by atoms with van der Waals surface area (Å²) in [6.45, 7) is 6.60. The molecule has 2 amide bonds. The van der Waals surface area contributed by atoms with Crippen molar-refractivity contribution in [2.45, 2.75) is 57.6 Å². The third-order valence-corrected chi connectivity index (χ3v) is 9.30. The van der Waals surface area contributed by atoms with Gasteiger partial charge in [-0.25, -0.2) is 8.42 Å². The minimum Gasteiger partial charge on any atom is -0.497 e. The lowest BCUT2D eigenvalue weighted by molar-refractivity contribution is -0.139. The van der Waals surface area contributed by atoms with E-state index in [1.54, 1.807) is 49.4 Å². The molecule has 0 aromatic heterocycles. The van der Waals surface area contributed by atoms with Gasteiger partial charge in [-0.1, -0.05) is 53.9 Å². The molecule has 0 aliphatic carbocycles. The molecule has 0 fully saturated rings. The number of ether oxygens (including phenoxy) is 1. The largest absolute Gasteiger partial charge is 0.497 e. The number of hydrogen-bond donors (Lipinski definition) is 1. The molecule has 3 aromatic rings. The van der Waals surface area contributed by atoms with Crippen LogP contribution in [0.4, 0.5) is 5.69 Å². The molecule has 0 spiro atoms. The molecule has 220 valence electrons. The van der Waals surface area contributed by atoms with Crippen molar-refractivity contribution in [3.05, 3.63) is 87.9 Å². The van der Waals surface area contributed by atoms with Gasteiger partial charge in [-0.05, 0) is 75.7 Å². The van der Waals surface area contributed by atoms with E-state index < -0.39 is 28.5 Å². The van der Waals surface area contributed by atoms with Crippen LogP contribution in [0.5, 0.6) is 5.75 Å². The lowest BCUT2D eigenvalue weighted by Crippen LogP contribution is -2.52. The summed E-state index contributed by atoms with van der Waals surface area (Å²) in [5.74, 6) is -0.493. The summed E-state index contributed by atoms with van der Waals surface area (Å²) >= 11 is 12.8. The van der Waals surface area contributed by atoms with E-state index in [4.69, 9.17) is 27.9 Å². The number of carbonyl (C=O) groups excluding carboxylic acids is 2. The van der Waals surface area contributed by atoms with Gasteiger partial charge in [0, 0.05) is 28.2 Å². The molecule has 0 saturated carbocycles. The fourth-order valence-electron chi connectivity index (χ4n) is 4.02. The number of nitrogens with zero attached hydrogens (tertiary/aromatic N) is 2. The second kappa shape index (κ2) is 14.1. The van der Waals surface area contributed by atoms with Gasteiger partial charge in [0.05, 0.1) is 17.7 Å². The molecular weight excluding hydrogens is 585 g/mol. The maximum atomic E-state index is 14.0. The number of carbonyl (C=O) groups is 2. The van der Waals surface area contributed by atoms with Crippen molar-refractivity contribution in [1.82, 2.24) is 10.2 Å². The third-order valence-electron chi connectivity index (χ3n) is 6.81. The first-order valence-electron chi connectivity index (χ1n) is 13.1. The number of aryl methyl sites for hydroxylation is 1. The number of anilines is 1. The second-order valence-corrected chi connectivity index (χ2v) is 12.4. The van der Waals surface area contributed by atoms with E-state index in [0.29, 0.717) is 33.5 Å². The van der Waals surface area contributed by atoms with Crippen LogP contribution in [0.3, 0.4) is 0 Å². The number of methoxy groups -OCH3 is 1. The van der Waals surface area contributed by atoms with E-state index in [1.165, 1.54) is 36.3 Å². The molecule has 0 radical (unpaired) electrons. The van der Waals surface area contributed by atoms with Gasteiger partial charge in [0.25, 0.3) is 10.0 Å². The Morgan fingerprint density at radius 3 is 2.07 bits per heavy atom. The molecule has 2 atom stereocenters. The van der Waals surface area contributed by atoms with Gasteiger partial charge in [-0.2, -0.15) is 0 Å². The summed E-state index contributed by atoms with van der Waals surface area (Å²) in [6, 6.07) is 16.6. The molecule has 0 heterocycles. The molecule has 0 saturated heterocycles. The van der Waals surface area contributed by atoms with E-state index >= 15 is 0 Å². The summed E-state index contributed by atoms with van der Waals surface area (Å²) in [5, 5.41) is 3.55. The van der Waals surface area contributed by atoms with Gasteiger partial charge in [-0.15, -0.1) is 0 Å². The van der Waals surface area contributed by atoms with E-state index in [2.05, 4.69) is 5.32 Å². The number of benzene rings is 3. The van der Waals surface area contributed by atoms with Crippen LogP contribution >= 0.6 is 23.2 Å². The van der Waals surface area contributed by atoms with Crippen LogP contribution in [0.15, 0.2) is 71.6 Å². The molecule has 3 rings (SSSR count). The number of hydrogen-bond acceptors (Lipinski definition) is 5. The van der Waals surface area contributed by atoms with Crippen molar-refractivity contribution in [2.24, 2.45) is 0 Å². The Hall–Kier alpha value is -3.27. The van der Waals surface area contributed by atoms with Crippen LogP contribution < -0.4 is 14.4 Å². The van der Waals surface area contributed by atoms with Gasteiger partial charge < -0.3 is 15.0 Å². The van der Waals surface area contributed by atoms with E-state index in [9.17, 15) is 18.0 Å². The molecule has 0 bridgehead atoms. The normalized spacial score (nSPS) is 12.8. The first-order valence-corrected chi connectivity index (χ1v) is 15.3. The molecule has 1 N–H and O–H groups in total. The molecule has 8 nitrogen and oxygen atoms in total. The topological polar surface area (TPSA) is 96.0 Å². The van der Waals surface area contributed by atoms with Gasteiger partial charge in [-0.3, -0.25) is 13.9 Å². The average Bonchev–Trinajstić information content (AvgIpc) is 2.95. The maximum Gasteiger partial charge on any atom is 0.264 e. The predicted molar refractivity (Wildman–Crippen MR) is 163 cm³/mol. The predicted octanol–water partition coefficient (Wildman–Crippen LogP) is 5.84. The average molecular weight is 621 g/mol. The van der Waals surface area contributed by atoms with Crippen molar-refractivity contribution in [3.8, 4) is 5.75 Å². The van der Waals surface area contributed by atoms with Crippen molar-refractivity contribution in [1.29, 1.82) is 0 Å². The number of halogens is 2. The smallest absolute Gasteiger partial charge is 0.264 e. The number of nitrogens with one attached hydrogen (secondary N) is 1. The SMILES string of the molecule is CC[C@H](C)NC(=O)[C@H](C)N(Cc1c(Cl)cccc1Cl)C(=O)CN(c1ccc(C)cc1)S(=O)(=O)c1ccc(OC)cc1. The fraction of sp³-hybridized carbons (Fsp3) is 0.333. The minimum atomic E-state index is -4.20. The third kappa shape index (κ3) is 7.93. The Bertz CT molecular complexity index is 1440. The number of sulfonamides is 1. The lowest BCUT2D eigenvalue weighted by Gasteiger charge is -2.33. The van der Waals surface area contributed by atoms with Gasteiger partial charge in [0.15, 0.2) is 0 Å². The Morgan fingerprint density at radius 2 is 1.54 bits per heavy atom. The van der Waals surface area contributed by atoms with Crippen LogP contribution in [0.1, 0.15) is 38.3 Å². The molecular formula is C30H35Cl2N3O5S. The van der Waals surface area contributed by atoms with Gasteiger partial charge in [0.2, 0.25) is 11.8 Å². The first kappa shape index (κ1) is 32.2. The van der Waals surface area contributed by atoms with Gasteiger partial charge in [0.1, 0.15) is 18.3 Å². The molecule has 0 unspecified atom stereocenters. The van der Waals surface area contributed by atoms with Crippen LogP contribution in [0, 0.1) is 6.92 Å². The summed E-state index contributed by atoms with van der Waals surface area (Å²) in [7, 11) is -2.72. The Kier molecular flexibility index (Phi) is 11.1. The van der Waals surface area contributed by atoms with Crippen LogP contribution in [0.2, 0.25) is 10.0 Å². The van der Waals surface area contributed by atoms with E-state index in [1.807, 2.05) is 20.8 Å². The molecule has 11 heteroatoms. The summed E-state index contributed by atoms with van der Waals surface area (Å²) < 4.78 is 34.1. The summed E-state index contributed by atoms with van der Waals surface area (Å²) in [4.78, 5) is 28.5. The van der Waals surface area contributed by atoms with E-state index in [0.717, 1.165) is 9.87 Å². The van der Waals surface area contributed by atoms with Crippen molar-refractivity contribution in [3.63, 3.8) is 0 Å². The second-order valence-electron chi connectivity index (χ2n) is 9.74. The fourth-order valence-corrected chi connectivity index (χ4v) is 5.95. The Morgan fingerprint density at radius 1 is 0.951 bits per heavy atom. The zero-order chi connectivity index (χ0) is 30.3. The Balaban J connectivity index is 2.06. The maximum absolute atomic E-state index is 14.0. The van der Waals surface area contributed by atoms with Crippen LogP contribution in [-0.2, 0) is 26.2 Å². The standard InChI is InChI=1S/C30H35Cl2N3O5S/c1-6-21(3)33-30(37)22(4)34(18-26-27(31)8-7-9-28(26)32)29(36)19-35(23-12-10-20(2)11-13-23)41(38,39)25-16-14-24(40-5)15-17-25/h7-17,21-22H,6,18-19H2,1-5H3,(H,33,37)/t21-,22-/m0/s1. The summed E-state index contributed by atoms with van der Waals surface area (Å²) in [6.07, 6.45) is 0.698. The molecule has 41 heavy (non-hydrogen) atoms. The van der Waals surface area contributed by atoms with Crippen LogP contribution in [-0.4, -0.2) is 50.9 Å². The Labute approximate surface area is 252 Å². The highest BCUT2D eigenvalue weighted by molar-refractivity contribution is 7.92. The van der Waals surface area contributed by atoms with Crippen LogP contribution in [0.25, 0.3) is 0 Å². The molecule has 0 aliphatic rings. The number of amides is 2. The van der Waals surface area contributed by atoms with E-state index in [-0.39, 0.29) is 23.4 Å². The number of rotatable bonds is 12. The zero-order valence-corrected chi connectivity index (χ0v) is 26.1. The van der Waals surface area contributed by atoms with Gasteiger partial charge >= 0.3 is 0 Å². The van der Waals surface area contributed by atoms with Crippen molar-refractivity contribution >= 4 is 50.7 Å².